The molecule has 0 saturated heterocycles. The Balaban J connectivity index is 3.12. The molecule has 0 saturated carbocycles. The van der Waals surface area contributed by atoms with Crippen LogP contribution in [0.2, 0.25) is 0 Å². The topological polar surface area (TPSA) is 228 Å². The van der Waals surface area contributed by atoms with Crippen LogP contribution in [-0.2, 0) is 30.4 Å². The molecule has 5 unspecified atom stereocenters. The number of rotatable bonds is 13. The summed E-state index contributed by atoms with van der Waals surface area (Å²) in [6, 6.07) is 0.195. The van der Waals surface area contributed by atoms with Crippen molar-refractivity contribution >= 4 is 29.7 Å². The van der Waals surface area contributed by atoms with E-state index in [0.717, 1.165) is 0 Å². The van der Waals surface area contributed by atoms with Gasteiger partial charge in [-0.2, -0.15) is 0 Å². The third-order valence-corrected chi connectivity index (χ3v) is 5.03. The Morgan fingerprint density at radius 3 is 1.86 bits per heavy atom. The molecule has 0 bridgehead atoms. The Morgan fingerprint density at radius 1 is 0.857 bits per heavy atom. The van der Waals surface area contributed by atoms with Crippen molar-refractivity contribution in [3.63, 3.8) is 0 Å². The van der Waals surface area contributed by atoms with Crippen LogP contribution in [0.5, 0.6) is 5.75 Å². The summed E-state index contributed by atoms with van der Waals surface area (Å²) in [5.74, 6) is -5.89. The van der Waals surface area contributed by atoms with Gasteiger partial charge in [-0.3, -0.25) is 19.2 Å². The number of aromatic hydroxyl groups is 1. The number of nitrogens with one attached hydrogen (secondary N) is 3. The van der Waals surface area contributed by atoms with Gasteiger partial charge in [0, 0.05) is 6.42 Å². The lowest BCUT2D eigenvalue weighted by Crippen LogP contribution is -2.60. The van der Waals surface area contributed by atoms with Crippen molar-refractivity contribution in [3.05, 3.63) is 29.8 Å². The molecule has 5 atom stereocenters. The van der Waals surface area contributed by atoms with Crippen molar-refractivity contribution in [2.24, 2.45) is 11.7 Å². The van der Waals surface area contributed by atoms with Gasteiger partial charge in [0.25, 0.3) is 0 Å². The fourth-order valence-electron chi connectivity index (χ4n) is 3.06. The largest absolute Gasteiger partial charge is 0.508 e. The highest BCUT2D eigenvalue weighted by atomic mass is 16.4. The average Bonchev–Trinajstić information content (AvgIpc) is 2.75. The Morgan fingerprint density at radius 2 is 1.40 bits per heavy atom. The molecule has 0 aromatic heterocycles. The lowest BCUT2D eigenvalue weighted by molar-refractivity contribution is -0.145. The van der Waals surface area contributed by atoms with E-state index in [-0.39, 0.29) is 12.2 Å². The molecule has 0 aliphatic carbocycles. The summed E-state index contributed by atoms with van der Waals surface area (Å²) in [5.41, 5.74) is 6.12. The third-order valence-electron chi connectivity index (χ3n) is 5.03. The second kappa shape index (κ2) is 13.2. The van der Waals surface area contributed by atoms with Gasteiger partial charge in [-0.1, -0.05) is 26.0 Å². The maximum absolute atomic E-state index is 13.1. The molecule has 9 N–H and O–H groups in total. The second-order valence-electron chi connectivity index (χ2n) is 8.43. The maximum atomic E-state index is 13.1. The van der Waals surface area contributed by atoms with Gasteiger partial charge in [0.05, 0.1) is 18.6 Å². The van der Waals surface area contributed by atoms with E-state index in [1.54, 1.807) is 13.8 Å². The molecule has 3 amide bonds. The van der Waals surface area contributed by atoms with Crippen molar-refractivity contribution in [2.75, 3.05) is 0 Å². The molecule has 0 spiro atoms. The maximum Gasteiger partial charge on any atom is 0.328 e. The molecule has 194 valence electrons. The van der Waals surface area contributed by atoms with Crippen LogP contribution in [0.3, 0.4) is 0 Å². The molecular weight excluding hydrogens is 464 g/mol. The minimum atomic E-state index is -1.61. The highest BCUT2D eigenvalue weighted by molar-refractivity contribution is 5.95. The zero-order chi connectivity index (χ0) is 26.9. The van der Waals surface area contributed by atoms with Crippen LogP contribution < -0.4 is 21.7 Å². The van der Waals surface area contributed by atoms with Gasteiger partial charge in [0.2, 0.25) is 17.7 Å². The first-order valence-corrected chi connectivity index (χ1v) is 10.8. The van der Waals surface area contributed by atoms with Crippen LogP contribution in [0.25, 0.3) is 0 Å². The summed E-state index contributed by atoms with van der Waals surface area (Å²) in [6.45, 7) is 4.38. The van der Waals surface area contributed by atoms with E-state index in [1.807, 2.05) is 0 Å². The van der Waals surface area contributed by atoms with E-state index in [4.69, 9.17) is 10.8 Å². The van der Waals surface area contributed by atoms with Crippen LogP contribution >= 0.6 is 0 Å². The molecular formula is C22H32N4O9. The number of aliphatic hydroxyl groups is 1. The first-order valence-electron chi connectivity index (χ1n) is 10.8. The predicted octanol–water partition coefficient (Wildman–Crippen LogP) is -1.69. The molecule has 0 fully saturated rings. The highest BCUT2D eigenvalue weighted by Crippen LogP contribution is 2.12. The van der Waals surface area contributed by atoms with Crippen molar-refractivity contribution < 1.29 is 44.4 Å². The summed E-state index contributed by atoms with van der Waals surface area (Å²) in [6.07, 6.45) is -2.17. The van der Waals surface area contributed by atoms with Gasteiger partial charge in [-0.15, -0.1) is 0 Å². The van der Waals surface area contributed by atoms with Gasteiger partial charge in [0.1, 0.15) is 17.8 Å². The number of amides is 3. The number of aliphatic carboxylic acids is 2. The number of phenols is 1. The fourth-order valence-corrected chi connectivity index (χ4v) is 3.06. The number of carbonyl (C=O) groups is 5. The summed E-state index contributed by atoms with van der Waals surface area (Å²) in [7, 11) is 0. The Bertz CT molecular complexity index is 918. The minimum Gasteiger partial charge on any atom is -0.508 e. The molecule has 0 aliphatic heterocycles. The lowest BCUT2D eigenvalue weighted by atomic mass is 10.00. The number of carbonyl (C=O) groups excluding carboxylic acids is 3. The first-order chi connectivity index (χ1) is 16.2. The van der Waals surface area contributed by atoms with Gasteiger partial charge < -0.3 is 42.1 Å². The molecule has 0 radical (unpaired) electrons. The Kier molecular flexibility index (Phi) is 11.1. The SMILES string of the molecule is CC(C)C(NC(=O)C(Cc1ccc(O)cc1)NC(=O)C(N)CC(=O)O)C(=O)NC(C(=O)O)C(C)O. The van der Waals surface area contributed by atoms with Gasteiger partial charge in [-0.25, -0.2) is 4.79 Å². The van der Waals surface area contributed by atoms with Gasteiger partial charge in [0.15, 0.2) is 6.04 Å². The van der Waals surface area contributed by atoms with Crippen molar-refractivity contribution in [1.82, 2.24) is 16.0 Å². The van der Waals surface area contributed by atoms with Crippen molar-refractivity contribution in [1.29, 1.82) is 0 Å². The van der Waals surface area contributed by atoms with Crippen LogP contribution in [0.15, 0.2) is 24.3 Å². The molecule has 0 heterocycles. The zero-order valence-electron chi connectivity index (χ0n) is 19.6. The Labute approximate surface area is 201 Å². The predicted molar refractivity (Wildman–Crippen MR) is 122 cm³/mol. The molecule has 1 aromatic rings. The molecule has 1 aromatic carbocycles. The lowest BCUT2D eigenvalue weighted by Gasteiger charge is -2.27. The molecule has 13 heteroatoms. The minimum absolute atomic E-state index is 0.0232. The summed E-state index contributed by atoms with van der Waals surface area (Å²) in [4.78, 5) is 60.4. The van der Waals surface area contributed by atoms with Crippen LogP contribution in [0, 0.1) is 5.92 Å². The van der Waals surface area contributed by atoms with Crippen LogP contribution in [-0.4, -0.2) is 80.4 Å². The standard InChI is InChI=1S/C22H32N4O9/c1-10(2)17(21(33)26-18(11(3)27)22(34)35)25-20(32)15(8-12-4-6-13(28)7-5-12)24-19(31)14(23)9-16(29)30/h4-7,10-11,14-15,17-18,27-28H,8-9,23H2,1-3H3,(H,24,31)(H,25,32)(H,26,33)(H,29,30)(H,34,35). The van der Waals surface area contributed by atoms with Crippen molar-refractivity contribution in [2.45, 2.75) is 63.9 Å². The third kappa shape index (κ3) is 9.59. The van der Waals surface area contributed by atoms with Crippen molar-refractivity contribution in [3.8, 4) is 5.75 Å². The molecule has 13 nitrogen and oxygen atoms in total. The Hall–Kier alpha value is -3.71. The summed E-state index contributed by atoms with van der Waals surface area (Å²) < 4.78 is 0. The van der Waals surface area contributed by atoms with Gasteiger partial charge >= 0.3 is 11.9 Å². The number of carboxylic acid groups (broad SMARTS) is 2. The quantitative estimate of drug-likeness (QED) is 0.154. The van der Waals surface area contributed by atoms with E-state index in [9.17, 15) is 39.3 Å². The van der Waals surface area contributed by atoms with E-state index in [0.29, 0.717) is 5.56 Å². The summed E-state index contributed by atoms with van der Waals surface area (Å²) in [5, 5.41) is 44.2. The number of aliphatic hydroxyl groups excluding tert-OH is 1. The fraction of sp³-hybridized carbons (Fsp3) is 0.500. The van der Waals surface area contributed by atoms with E-state index >= 15 is 0 Å². The van der Waals surface area contributed by atoms with E-state index < -0.39 is 72.3 Å². The highest BCUT2D eigenvalue weighted by Gasteiger charge is 2.33. The number of phenolic OH excluding ortho intramolecular Hbond substituents is 1. The molecule has 0 aliphatic rings. The average molecular weight is 497 g/mol. The normalized spacial score (nSPS) is 15.3. The number of nitrogens with two attached hydrogens (primary N) is 1. The molecule has 35 heavy (non-hydrogen) atoms. The van der Waals surface area contributed by atoms with E-state index in [2.05, 4.69) is 16.0 Å². The number of hydrogen-bond donors (Lipinski definition) is 8. The van der Waals surface area contributed by atoms with Crippen LogP contribution in [0.4, 0.5) is 0 Å². The number of carboxylic acids is 2. The molecule has 1 rings (SSSR count). The summed E-state index contributed by atoms with van der Waals surface area (Å²) >= 11 is 0. The zero-order valence-corrected chi connectivity index (χ0v) is 19.6. The number of benzene rings is 1. The smallest absolute Gasteiger partial charge is 0.328 e. The van der Waals surface area contributed by atoms with E-state index in [1.165, 1.54) is 31.2 Å². The van der Waals surface area contributed by atoms with Crippen LogP contribution in [0.1, 0.15) is 32.8 Å². The monoisotopic (exact) mass is 496 g/mol. The van der Waals surface area contributed by atoms with Gasteiger partial charge in [-0.05, 0) is 30.5 Å². The second-order valence-corrected chi connectivity index (χ2v) is 8.43. The first kappa shape index (κ1) is 29.3. The number of hydrogen-bond acceptors (Lipinski definition) is 8.